The highest BCUT2D eigenvalue weighted by molar-refractivity contribution is 7.89. The number of anilines is 2. The molecular weight excluding hydrogens is 643 g/mol. The molecule has 46 heavy (non-hydrogen) atoms. The monoisotopic (exact) mass is 681 g/mol. The molecular formula is C31H38F3N5O5S2. The minimum absolute atomic E-state index is 0.0469. The first-order chi connectivity index (χ1) is 21.7. The van der Waals surface area contributed by atoms with Crippen molar-refractivity contribution in [2.24, 2.45) is 5.14 Å². The Hall–Kier alpha value is -3.55. The van der Waals surface area contributed by atoms with Gasteiger partial charge in [-0.1, -0.05) is 24.0 Å². The van der Waals surface area contributed by atoms with Gasteiger partial charge in [0.2, 0.25) is 15.9 Å². The van der Waals surface area contributed by atoms with E-state index >= 15 is 0 Å². The number of alkyl halides is 3. The number of hydrogen-bond acceptors (Lipinski definition) is 9. The van der Waals surface area contributed by atoms with Crippen molar-refractivity contribution in [3.05, 3.63) is 46.8 Å². The van der Waals surface area contributed by atoms with Crippen LogP contribution in [-0.4, -0.2) is 96.9 Å². The lowest BCUT2D eigenvalue weighted by Crippen LogP contribution is -2.45. The molecule has 0 bridgehead atoms. The number of methoxy groups -OCH3 is 1. The van der Waals surface area contributed by atoms with Crippen LogP contribution in [0.1, 0.15) is 23.3 Å². The minimum atomic E-state index is -4.43. The predicted molar refractivity (Wildman–Crippen MR) is 174 cm³/mol. The number of primary sulfonamides is 1. The number of thiophene rings is 1. The molecule has 15 heteroatoms. The Morgan fingerprint density at radius 2 is 1.89 bits per heavy atom. The van der Waals surface area contributed by atoms with Crippen LogP contribution in [0.4, 0.5) is 24.5 Å². The van der Waals surface area contributed by atoms with Crippen LogP contribution >= 0.6 is 11.3 Å². The van der Waals surface area contributed by atoms with Crippen molar-refractivity contribution in [2.45, 2.75) is 36.4 Å². The molecule has 1 aliphatic rings. The molecule has 250 valence electrons. The Morgan fingerprint density at radius 3 is 2.54 bits per heavy atom. The van der Waals surface area contributed by atoms with Crippen molar-refractivity contribution in [1.82, 2.24) is 9.80 Å². The van der Waals surface area contributed by atoms with Crippen molar-refractivity contribution < 1.29 is 35.9 Å². The van der Waals surface area contributed by atoms with Crippen LogP contribution in [0, 0.1) is 11.8 Å². The van der Waals surface area contributed by atoms with Gasteiger partial charge in [-0.2, -0.15) is 13.2 Å². The van der Waals surface area contributed by atoms with Gasteiger partial charge in [-0.25, -0.2) is 13.6 Å². The standard InChI is InChI=1S/C31H38F3N5O5S2/c1-38(2)20-29(40)39-14-11-21(12-15-39)37-26-7-4-6-23-24(19-31(32,33)34)28(45-30(23)26)8-5-13-36-25-10-9-22(46(35,41)42)18-27(25)44-17-16-43-3/h4,6-7,9-10,18,21,36-37H,11-17,19-20H2,1-3H3,(H2,35,41,42). The number of hydrogen-bond donors (Lipinski definition) is 3. The normalized spacial score (nSPS) is 14.3. The summed E-state index contributed by atoms with van der Waals surface area (Å²) in [5, 5.41) is 12.3. The van der Waals surface area contributed by atoms with Crippen LogP contribution < -0.4 is 20.5 Å². The minimum Gasteiger partial charge on any atom is -0.489 e. The van der Waals surface area contributed by atoms with E-state index in [-0.39, 0.29) is 47.9 Å². The third-order valence-electron chi connectivity index (χ3n) is 7.25. The van der Waals surface area contributed by atoms with E-state index in [9.17, 15) is 26.4 Å². The van der Waals surface area contributed by atoms with Crippen LogP contribution in [0.3, 0.4) is 0 Å². The molecule has 3 aromatic rings. The molecule has 1 saturated heterocycles. The van der Waals surface area contributed by atoms with Crippen molar-refractivity contribution in [2.75, 3.05) is 71.2 Å². The van der Waals surface area contributed by atoms with E-state index in [1.54, 1.807) is 12.1 Å². The number of amides is 1. The molecule has 10 nitrogen and oxygen atoms in total. The van der Waals surface area contributed by atoms with E-state index in [1.165, 1.54) is 36.6 Å². The summed E-state index contributed by atoms with van der Waals surface area (Å²) in [6.07, 6.45) is -4.10. The zero-order chi connectivity index (χ0) is 33.5. The molecule has 1 aromatic heterocycles. The first kappa shape index (κ1) is 35.3. The molecule has 0 atom stereocenters. The van der Waals surface area contributed by atoms with Crippen molar-refractivity contribution in [3.8, 4) is 17.6 Å². The van der Waals surface area contributed by atoms with Gasteiger partial charge in [0.1, 0.15) is 12.4 Å². The lowest BCUT2D eigenvalue weighted by molar-refractivity contribution is -0.132. The number of benzene rings is 2. The molecule has 4 N–H and O–H groups in total. The molecule has 1 fully saturated rings. The number of likely N-dealkylation sites (tertiary alicyclic amines) is 1. The quantitative estimate of drug-likeness (QED) is 0.193. The third-order valence-corrected chi connectivity index (χ3v) is 9.36. The maximum atomic E-state index is 13.7. The van der Waals surface area contributed by atoms with Crippen molar-refractivity contribution in [3.63, 3.8) is 0 Å². The number of carbonyl (C=O) groups is 1. The fraction of sp³-hybridized carbons (Fsp3) is 0.452. The Balaban J connectivity index is 1.53. The highest BCUT2D eigenvalue weighted by atomic mass is 32.2. The summed E-state index contributed by atoms with van der Waals surface area (Å²) in [6.45, 7) is 2.03. The van der Waals surface area contributed by atoms with Gasteiger partial charge < -0.3 is 29.9 Å². The van der Waals surface area contributed by atoms with Gasteiger partial charge in [0, 0.05) is 32.3 Å². The third kappa shape index (κ3) is 9.73. The molecule has 0 unspecified atom stereocenters. The SMILES string of the molecule is COCCOc1cc(S(N)(=O)=O)ccc1NCC#Cc1sc2c(NC3CCN(C(=O)CN(C)C)CC3)cccc2c1CC(F)(F)F. The van der Waals surface area contributed by atoms with Gasteiger partial charge in [-0.15, -0.1) is 11.3 Å². The number of nitrogens with zero attached hydrogens (tertiary/aromatic N) is 2. The molecule has 1 amide bonds. The highest BCUT2D eigenvalue weighted by Gasteiger charge is 2.31. The number of halogens is 3. The van der Waals surface area contributed by atoms with Crippen molar-refractivity contribution >= 4 is 48.7 Å². The summed E-state index contributed by atoms with van der Waals surface area (Å²) in [7, 11) is 1.23. The molecule has 4 rings (SSSR count). The molecule has 0 radical (unpaired) electrons. The Kier molecular flexibility index (Phi) is 11.8. The first-order valence-corrected chi connectivity index (χ1v) is 16.9. The number of rotatable bonds is 12. The van der Waals surface area contributed by atoms with Crippen LogP contribution in [0.15, 0.2) is 41.3 Å². The summed E-state index contributed by atoms with van der Waals surface area (Å²) in [5.74, 6) is 6.12. The second kappa shape index (κ2) is 15.4. The number of ether oxygens (including phenoxy) is 2. The van der Waals surface area contributed by atoms with Gasteiger partial charge in [-0.3, -0.25) is 4.79 Å². The highest BCUT2D eigenvalue weighted by Crippen LogP contribution is 2.39. The van der Waals surface area contributed by atoms with Gasteiger partial charge in [0.05, 0.1) is 52.0 Å². The van der Waals surface area contributed by atoms with Gasteiger partial charge in [0.15, 0.2) is 0 Å². The van der Waals surface area contributed by atoms with Gasteiger partial charge in [-0.05, 0) is 56.1 Å². The van der Waals surface area contributed by atoms with E-state index in [0.29, 0.717) is 40.3 Å². The number of likely N-dealkylation sites (N-methyl/N-ethyl adjacent to an activating group) is 1. The summed E-state index contributed by atoms with van der Waals surface area (Å²) in [5.41, 5.74) is 1.29. The lowest BCUT2D eigenvalue weighted by Gasteiger charge is -2.33. The molecule has 0 saturated carbocycles. The number of sulfonamides is 1. The lowest BCUT2D eigenvalue weighted by atomic mass is 10.0. The fourth-order valence-corrected chi connectivity index (χ4v) is 6.77. The maximum absolute atomic E-state index is 13.7. The number of nitrogens with two attached hydrogens (primary N) is 1. The topological polar surface area (TPSA) is 126 Å². The molecule has 2 aromatic carbocycles. The summed E-state index contributed by atoms with van der Waals surface area (Å²) < 4.78 is 76.0. The summed E-state index contributed by atoms with van der Waals surface area (Å²) in [6, 6.07) is 9.44. The smallest absolute Gasteiger partial charge is 0.393 e. The number of fused-ring (bicyclic) bond motifs is 1. The zero-order valence-corrected chi connectivity index (χ0v) is 27.5. The maximum Gasteiger partial charge on any atom is 0.393 e. The second-order valence-corrected chi connectivity index (χ2v) is 13.7. The largest absolute Gasteiger partial charge is 0.489 e. The van der Waals surface area contributed by atoms with E-state index in [2.05, 4.69) is 22.5 Å². The van der Waals surface area contributed by atoms with E-state index in [0.717, 1.165) is 18.5 Å². The summed E-state index contributed by atoms with van der Waals surface area (Å²) >= 11 is 1.21. The van der Waals surface area contributed by atoms with Crippen LogP contribution in [0.5, 0.6) is 5.75 Å². The van der Waals surface area contributed by atoms with Gasteiger partial charge >= 0.3 is 6.18 Å². The van der Waals surface area contributed by atoms with E-state index < -0.39 is 22.6 Å². The van der Waals surface area contributed by atoms with Crippen molar-refractivity contribution in [1.29, 1.82) is 0 Å². The van der Waals surface area contributed by atoms with E-state index in [4.69, 9.17) is 14.6 Å². The average Bonchev–Trinajstić information content (AvgIpc) is 3.32. The number of nitrogens with one attached hydrogen (secondary N) is 2. The number of carbonyl (C=O) groups excluding carboxylic acids is 1. The van der Waals surface area contributed by atoms with Crippen LogP contribution in [0.2, 0.25) is 0 Å². The molecule has 1 aliphatic heterocycles. The predicted octanol–water partition coefficient (Wildman–Crippen LogP) is 4.11. The molecule has 0 spiro atoms. The second-order valence-electron chi connectivity index (χ2n) is 11.1. The fourth-order valence-electron chi connectivity index (χ4n) is 5.07. The zero-order valence-electron chi connectivity index (χ0n) is 25.9. The molecule has 0 aliphatic carbocycles. The molecule has 2 heterocycles. The first-order valence-electron chi connectivity index (χ1n) is 14.6. The Labute approximate surface area is 271 Å². The average molecular weight is 682 g/mol. The number of piperidine rings is 1. The summed E-state index contributed by atoms with van der Waals surface area (Å²) in [4.78, 5) is 16.3. The van der Waals surface area contributed by atoms with Gasteiger partial charge in [0.25, 0.3) is 0 Å². The van der Waals surface area contributed by atoms with E-state index in [1.807, 2.05) is 30.0 Å². The Bertz CT molecular complexity index is 1690. The van der Waals surface area contributed by atoms with Crippen LogP contribution in [-0.2, 0) is 26.0 Å². The Morgan fingerprint density at radius 1 is 1.15 bits per heavy atom. The van der Waals surface area contributed by atoms with Crippen LogP contribution in [0.25, 0.3) is 10.1 Å².